The smallest absolute Gasteiger partial charge is 0.330 e. The molecule has 0 radical (unpaired) electrons. The van der Waals surface area contributed by atoms with E-state index in [1.165, 1.54) is 11.0 Å². The Morgan fingerprint density at radius 1 is 0.978 bits per heavy atom. The Kier molecular flexibility index (Phi) is 9.33. The van der Waals surface area contributed by atoms with E-state index in [4.69, 9.17) is 0 Å². The number of rotatable bonds is 10. The largest absolute Gasteiger partial charge is 0.351 e. The van der Waals surface area contributed by atoms with E-state index in [1.807, 2.05) is 38.1 Å². The fourth-order valence-corrected chi connectivity index (χ4v) is 4.90. The van der Waals surface area contributed by atoms with Gasteiger partial charge in [-0.25, -0.2) is 14.2 Å². The number of aryl methyl sites for hydroxylation is 1. The van der Waals surface area contributed by atoms with Gasteiger partial charge < -0.3 is 20.9 Å². The Hall–Kier alpha value is -5.36. The van der Waals surface area contributed by atoms with Crippen LogP contribution in [-0.2, 0) is 13.2 Å². The van der Waals surface area contributed by atoms with Crippen LogP contribution >= 0.6 is 0 Å². The summed E-state index contributed by atoms with van der Waals surface area (Å²) in [7, 11) is 5.52. The molecule has 0 unspecified atom stereocenters. The first-order chi connectivity index (χ1) is 21.6. The van der Waals surface area contributed by atoms with Crippen LogP contribution in [0.3, 0.4) is 0 Å². The van der Waals surface area contributed by atoms with Crippen LogP contribution in [0.1, 0.15) is 37.4 Å². The molecule has 3 aromatic carbocycles. The van der Waals surface area contributed by atoms with Gasteiger partial charge in [-0.2, -0.15) is 4.98 Å². The number of benzene rings is 3. The standard InChI is InChI=1S/C33H35FN8O3/c1-21-11-12-27(37-31(44)23-8-5-7-22(15-23)18-34)17-28(21)42-20-25-19-36-32(39-29(25)41(4)33(42)45)38-26-10-6-9-24(16-26)30(43)35-13-14-40(2)3/h5-12,15-17,19H,13-14,18,20H2,1-4H3,(H,35,43)(H,37,44)(H,36,38,39). The maximum Gasteiger partial charge on any atom is 0.330 e. The summed E-state index contributed by atoms with van der Waals surface area (Å²) in [6.45, 7) is 2.71. The van der Waals surface area contributed by atoms with Crippen molar-refractivity contribution in [2.24, 2.45) is 0 Å². The van der Waals surface area contributed by atoms with Gasteiger partial charge >= 0.3 is 6.03 Å². The lowest BCUT2D eigenvalue weighted by atomic mass is 10.1. The van der Waals surface area contributed by atoms with Crippen molar-refractivity contribution in [2.75, 3.05) is 54.7 Å². The third-order valence-electron chi connectivity index (χ3n) is 7.33. The van der Waals surface area contributed by atoms with E-state index in [0.717, 1.165) is 17.7 Å². The van der Waals surface area contributed by atoms with E-state index in [-0.39, 0.29) is 30.3 Å². The quantitative estimate of drug-likeness (QED) is 0.228. The molecule has 0 fully saturated rings. The highest BCUT2D eigenvalue weighted by Crippen LogP contribution is 2.33. The molecule has 1 aromatic heterocycles. The Morgan fingerprint density at radius 2 is 1.73 bits per heavy atom. The lowest BCUT2D eigenvalue weighted by Gasteiger charge is -2.35. The van der Waals surface area contributed by atoms with Crippen molar-refractivity contribution >= 4 is 46.7 Å². The molecule has 0 bridgehead atoms. The van der Waals surface area contributed by atoms with E-state index in [9.17, 15) is 18.8 Å². The van der Waals surface area contributed by atoms with Gasteiger partial charge in [-0.1, -0.05) is 24.3 Å². The average Bonchev–Trinajstić information content (AvgIpc) is 3.04. The third-order valence-corrected chi connectivity index (χ3v) is 7.33. The Balaban J connectivity index is 1.31. The molecule has 0 aliphatic carbocycles. The molecule has 3 N–H and O–H groups in total. The first-order valence-electron chi connectivity index (χ1n) is 14.4. The minimum atomic E-state index is -0.660. The molecule has 1 aliphatic rings. The Labute approximate surface area is 261 Å². The van der Waals surface area contributed by atoms with Crippen LogP contribution in [-0.4, -0.2) is 66.9 Å². The molecule has 5 rings (SSSR count). The maximum atomic E-state index is 13.6. The van der Waals surface area contributed by atoms with Gasteiger partial charge in [0.1, 0.15) is 12.5 Å². The van der Waals surface area contributed by atoms with Gasteiger partial charge in [0.05, 0.1) is 12.2 Å². The summed E-state index contributed by atoms with van der Waals surface area (Å²) in [5.74, 6) is 0.185. The summed E-state index contributed by atoms with van der Waals surface area (Å²) in [4.78, 5) is 53.1. The second-order valence-electron chi connectivity index (χ2n) is 11.0. The van der Waals surface area contributed by atoms with E-state index in [2.05, 4.69) is 25.9 Å². The van der Waals surface area contributed by atoms with Crippen molar-refractivity contribution in [3.63, 3.8) is 0 Å². The van der Waals surface area contributed by atoms with Crippen molar-refractivity contribution < 1.29 is 18.8 Å². The molecule has 0 saturated carbocycles. The number of alkyl halides is 1. The van der Waals surface area contributed by atoms with Crippen LogP contribution in [0.25, 0.3) is 0 Å². The van der Waals surface area contributed by atoms with Crippen molar-refractivity contribution in [2.45, 2.75) is 20.1 Å². The van der Waals surface area contributed by atoms with Gasteiger partial charge in [-0.05, 0) is 74.6 Å². The highest BCUT2D eigenvalue weighted by atomic mass is 19.1. The minimum Gasteiger partial charge on any atom is -0.351 e. The highest BCUT2D eigenvalue weighted by molar-refractivity contribution is 6.07. The molecule has 232 valence electrons. The van der Waals surface area contributed by atoms with Crippen LogP contribution in [0, 0.1) is 6.92 Å². The van der Waals surface area contributed by atoms with E-state index in [1.54, 1.807) is 66.7 Å². The van der Waals surface area contributed by atoms with Gasteiger partial charge in [0.2, 0.25) is 5.95 Å². The number of urea groups is 1. The topological polar surface area (TPSA) is 123 Å². The highest BCUT2D eigenvalue weighted by Gasteiger charge is 2.31. The predicted octanol–water partition coefficient (Wildman–Crippen LogP) is 5.12. The first-order valence-corrected chi connectivity index (χ1v) is 14.4. The molecular formula is C33H35FN8O3. The summed E-state index contributed by atoms with van der Waals surface area (Å²) < 4.78 is 13.1. The zero-order valence-electron chi connectivity index (χ0n) is 25.6. The molecular weight excluding hydrogens is 575 g/mol. The number of hydrogen-bond donors (Lipinski definition) is 3. The Morgan fingerprint density at radius 3 is 2.49 bits per heavy atom. The average molecular weight is 611 g/mol. The molecule has 45 heavy (non-hydrogen) atoms. The third kappa shape index (κ3) is 7.24. The van der Waals surface area contributed by atoms with E-state index < -0.39 is 6.67 Å². The number of nitrogens with zero attached hydrogens (tertiary/aromatic N) is 5. The van der Waals surface area contributed by atoms with Crippen LogP contribution in [0.2, 0.25) is 0 Å². The van der Waals surface area contributed by atoms with Crippen molar-refractivity contribution in [3.05, 3.63) is 101 Å². The van der Waals surface area contributed by atoms with Crippen molar-refractivity contribution in [1.82, 2.24) is 20.2 Å². The lowest BCUT2D eigenvalue weighted by molar-refractivity contribution is 0.0950. The van der Waals surface area contributed by atoms with Crippen LogP contribution < -0.4 is 25.8 Å². The molecule has 11 nitrogen and oxygen atoms in total. The van der Waals surface area contributed by atoms with Gasteiger partial charge in [0.15, 0.2) is 0 Å². The number of likely N-dealkylation sites (N-methyl/N-ethyl adjacent to an activating group) is 1. The molecule has 0 atom stereocenters. The van der Waals surface area contributed by atoms with Gasteiger partial charge in [-0.15, -0.1) is 0 Å². The number of hydrogen-bond acceptors (Lipinski definition) is 7. The number of carbonyl (C=O) groups is 3. The second kappa shape index (κ2) is 13.5. The summed E-state index contributed by atoms with van der Waals surface area (Å²) in [5, 5.41) is 8.88. The summed E-state index contributed by atoms with van der Waals surface area (Å²) in [6.07, 6.45) is 1.66. The number of anilines is 5. The van der Waals surface area contributed by atoms with Gasteiger partial charge in [0, 0.05) is 54.4 Å². The van der Waals surface area contributed by atoms with Crippen molar-refractivity contribution in [1.29, 1.82) is 0 Å². The molecule has 0 saturated heterocycles. The number of halogens is 1. The Bertz CT molecular complexity index is 1750. The fourth-order valence-electron chi connectivity index (χ4n) is 4.90. The van der Waals surface area contributed by atoms with E-state index in [0.29, 0.717) is 46.1 Å². The normalized spacial score (nSPS) is 12.6. The van der Waals surface area contributed by atoms with Crippen LogP contribution in [0.15, 0.2) is 72.9 Å². The van der Waals surface area contributed by atoms with E-state index >= 15 is 0 Å². The summed E-state index contributed by atoms with van der Waals surface area (Å²) in [5.41, 5.74) is 4.57. The fraction of sp³-hybridized carbons (Fsp3) is 0.242. The molecule has 0 spiro atoms. The lowest BCUT2D eigenvalue weighted by Crippen LogP contribution is -2.46. The number of aromatic nitrogens is 2. The number of nitrogens with one attached hydrogen (secondary N) is 3. The minimum absolute atomic E-state index is 0.179. The molecule has 1 aliphatic heterocycles. The van der Waals surface area contributed by atoms with Crippen LogP contribution in [0.4, 0.5) is 38.0 Å². The maximum absolute atomic E-state index is 13.6. The second-order valence-corrected chi connectivity index (χ2v) is 11.0. The zero-order chi connectivity index (χ0) is 32.1. The van der Waals surface area contributed by atoms with Gasteiger partial charge in [-0.3, -0.25) is 19.4 Å². The monoisotopic (exact) mass is 610 g/mol. The summed E-state index contributed by atoms with van der Waals surface area (Å²) in [6, 6.07) is 18.4. The molecule has 4 amide bonds. The van der Waals surface area contributed by atoms with Crippen LogP contribution in [0.5, 0.6) is 0 Å². The summed E-state index contributed by atoms with van der Waals surface area (Å²) >= 11 is 0. The van der Waals surface area contributed by atoms with Crippen molar-refractivity contribution in [3.8, 4) is 0 Å². The first kappa shape index (κ1) is 31.1. The zero-order valence-corrected chi connectivity index (χ0v) is 25.6. The number of amides is 4. The SMILES string of the molecule is Cc1ccc(NC(=O)c2cccc(CF)c2)cc1N1Cc2cnc(Nc3cccc(C(=O)NCCN(C)C)c3)nc2N(C)C1=O. The molecule has 12 heteroatoms. The number of fused-ring (bicyclic) bond motifs is 1. The molecule has 4 aromatic rings. The number of carbonyl (C=O) groups excluding carboxylic acids is 3. The molecule has 2 heterocycles. The van der Waals surface area contributed by atoms with Gasteiger partial charge in [0.25, 0.3) is 11.8 Å². The predicted molar refractivity (Wildman–Crippen MR) is 173 cm³/mol.